The zero-order valence-corrected chi connectivity index (χ0v) is 49.9. The van der Waals surface area contributed by atoms with Gasteiger partial charge in [0.2, 0.25) is 0 Å². The van der Waals surface area contributed by atoms with Crippen molar-refractivity contribution >= 4 is 87.2 Å². The second-order valence-electron chi connectivity index (χ2n) is 24.1. The summed E-state index contributed by atoms with van der Waals surface area (Å²) in [5, 5.41) is 9.43. The Bertz CT molecular complexity index is 5690. The topological polar surface area (TPSA) is 45.5 Å². The van der Waals surface area contributed by atoms with E-state index in [-0.39, 0.29) is 0 Å². The zero-order chi connectivity index (χ0) is 59.1. The summed E-state index contributed by atoms with van der Waals surface area (Å²) in [5.74, 6) is 0. The first-order chi connectivity index (χ1) is 43.1. The van der Waals surface area contributed by atoms with Crippen LogP contribution in [0.25, 0.3) is 155 Å². The molecule has 17 aromatic rings. The lowest BCUT2D eigenvalue weighted by atomic mass is 9.86. The molecule has 0 saturated heterocycles. The van der Waals surface area contributed by atoms with Crippen molar-refractivity contribution in [3.63, 3.8) is 0 Å². The molecule has 0 aliphatic carbocycles. The molecule has 0 unspecified atom stereocenters. The minimum absolute atomic E-state index is 0.870. The Kier molecular flexibility index (Phi) is 11.5. The van der Waals surface area contributed by atoms with Crippen molar-refractivity contribution in [2.24, 2.45) is 0 Å². The Morgan fingerprint density at radius 1 is 0.239 bits per heavy atom. The zero-order valence-electron chi connectivity index (χ0n) is 49.9. The summed E-state index contributed by atoms with van der Waals surface area (Å²) in [6.07, 6.45) is 0. The van der Waals surface area contributed by atoms with Crippen LogP contribution in [0.4, 0.5) is 0 Å². The van der Waals surface area contributed by atoms with Crippen LogP contribution in [-0.2, 0) is 0 Å². The highest BCUT2D eigenvalue weighted by Gasteiger charge is 2.36. The second kappa shape index (κ2) is 19.7. The summed E-state index contributed by atoms with van der Waals surface area (Å²) in [4.78, 5) is 11.2. The van der Waals surface area contributed by atoms with Gasteiger partial charge >= 0.3 is 0 Å². The van der Waals surface area contributed by atoms with E-state index in [9.17, 15) is 0 Å². The molecule has 0 fully saturated rings. The molecule has 0 spiro atoms. The fraction of sp³-hybridized carbons (Fsp3) is 0.0732. The third-order valence-electron chi connectivity index (χ3n) is 18.4. The number of hydrogen-bond donors (Lipinski definition) is 0. The van der Waals surface area contributed by atoms with E-state index in [1.165, 1.54) is 65.3 Å². The molecule has 0 atom stereocenters. The van der Waals surface area contributed by atoms with E-state index < -0.39 is 0 Å². The standard InChI is InChI=1S/C82H60N6/c1-49-33-39-73-63(43-49)59-25-13-17-29-69(59)85(73)79-77(57-47-67(55-21-9-7-10-22-55)84-68(48-57)56-23-11-8-12-24-56)78(58-38-37-53(5)83-54(58)6)80(86-70-30-18-14-26-60(70)64-44-50(2)34-40-74(64)86)82(88-72-32-20-16-28-62(72)66-46-52(4)36-42-76(66)88)81(79)87-71-31-19-15-27-61(71)65-45-51(3)35-41-75(65)87/h7-48H,1-6H3. The third kappa shape index (κ3) is 7.74. The predicted molar refractivity (Wildman–Crippen MR) is 370 cm³/mol. The van der Waals surface area contributed by atoms with Gasteiger partial charge in [-0.1, -0.05) is 186 Å². The van der Waals surface area contributed by atoms with Crippen molar-refractivity contribution in [2.75, 3.05) is 0 Å². The number of pyridine rings is 2. The van der Waals surface area contributed by atoms with E-state index in [4.69, 9.17) is 9.97 Å². The van der Waals surface area contributed by atoms with E-state index in [2.05, 4.69) is 315 Å². The summed E-state index contributed by atoms with van der Waals surface area (Å²) in [7, 11) is 0. The lowest BCUT2D eigenvalue weighted by molar-refractivity contribution is 1.02. The molecule has 0 aliphatic heterocycles. The van der Waals surface area contributed by atoms with Crippen LogP contribution in [0.15, 0.2) is 255 Å². The number of para-hydroxylation sites is 4. The lowest BCUT2D eigenvalue weighted by Crippen LogP contribution is -2.17. The average molecular weight is 1130 g/mol. The smallest absolute Gasteiger partial charge is 0.0975 e. The van der Waals surface area contributed by atoms with Crippen molar-refractivity contribution in [3.05, 3.63) is 288 Å². The molecule has 6 nitrogen and oxygen atoms in total. The maximum atomic E-state index is 5.66. The first-order valence-electron chi connectivity index (χ1n) is 30.5. The highest BCUT2D eigenvalue weighted by atomic mass is 15.1. The molecule has 6 heterocycles. The molecule has 0 aliphatic rings. The van der Waals surface area contributed by atoms with Crippen LogP contribution in [0.1, 0.15) is 33.6 Å². The van der Waals surface area contributed by atoms with E-state index in [0.29, 0.717) is 0 Å². The van der Waals surface area contributed by atoms with Gasteiger partial charge in [-0.15, -0.1) is 0 Å². The van der Waals surface area contributed by atoms with Gasteiger partial charge in [-0.05, 0) is 138 Å². The lowest BCUT2D eigenvalue weighted by Gasteiger charge is -2.32. The van der Waals surface area contributed by atoms with Gasteiger partial charge in [0.25, 0.3) is 0 Å². The van der Waals surface area contributed by atoms with Crippen molar-refractivity contribution in [1.29, 1.82) is 0 Å². The quantitative estimate of drug-likeness (QED) is 0.152. The van der Waals surface area contributed by atoms with Crippen LogP contribution >= 0.6 is 0 Å². The van der Waals surface area contributed by atoms with Gasteiger partial charge in [-0.25, -0.2) is 4.98 Å². The predicted octanol–water partition coefficient (Wildman–Crippen LogP) is 21.4. The molecule has 418 valence electrons. The Labute approximate surface area is 510 Å². The highest BCUT2D eigenvalue weighted by molar-refractivity contribution is 6.19. The molecule has 6 heteroatoms. The number of aryl methyl sites for hydroxylation is 6. The number of benzene rings is 11. The van der Waals surface area contributed by atoms with E-state index in [1.807, 2.05) is 0 Å². The van der Waals surface area contributed by atoms with E-state index in [0.717, 1.165) is 123 Å². The molecular weight excluding hydrogens is 1070 g/mol. The Morgan fingerprint density at radius 2 is 0.557 bits per heavy atom. The number of fused-ring (bicyclic) bond motifs is 12. The van der Waals surface area contributed by atoms with Crippen molar-refractivity contribution in [1.82, 2.24) is 28.2 Å². The third-order valence-corrected chi connectivity index (χ3v) is 18.4. The summed E-state index contributed by atoms with van der Waals surface area (Å²) in [6, 6.07) is 95.0. The van der Waals surface area contributed by atoms with Crippen LogP contribution in [-0.4, -0.2) is 28.2 Å². The summed E-state index contributed by atoms with van der Waals surface area (Å²) in [5.41, 5.74) is 27.4. The second-order valence-corrected chi connectivity index (χ2v) is 24.1. The van der Waals surface area contributed by atoms with Crippen LogP contribution in [0.3, 0.4) is 0 Å². The maximum Gasteiger partial charge on any atom is 0.0975 e. The van der Waals surface area contributed by atoms with Gasteiger partial charge < -0.3 is 18.3 Å². The largest absolute Gasteiger partial charge is 0.306 e. The van der Waals surface area contributed by atoms with Crippen LogP contribution in [0.5, 0.6) is 0 Å². The number of aromatic nitrogens is 6. The van der Waals surface area contributed by atoms with Gasteiger partial charge in [0.1, 0.15) is 0 Å². The monoisotopic (exact) mass is 1130 g/mol. The maximum absolute atomic E-state index is 5.66. The highest BCUT2D eigenvalue weighted by Crippen LogP contribution is 2.55. The fourth-order valence-electron chi connectivity index (χ4n) is 14.6. The molecule has 0 radical (unpaired) electrons. The summed E-state index contributed by atoms with van der Waals surface area (Å²) >= 11 is 0. The molecule has 0 amide bonds. The first-order valence-corrected chi connectivity index (χ1v) is 30.5. The minimum atomic E-state index is 0.870. The number of hydrogen-bond acceptors (Lipinski definition) is 2. The van der Waals surface area contributed by atoms with Gasteiger partial charge in [0, 0.05) is 82.3 Å². The van der Waals surface area contributed by atoms with Gasteiger partial charge in [0.15, 0.2) is 0 Å². The van der Waals surface area contributed by atoms with Gasteiger partial charge in [0.05, 0.1) is 78.3 Å². The van der Waals surface area contributed by atoms with E-state index >= 15 is 0 Å². The normalized spacial score (nSPS) is 12.0. The SMILES string of the molecule is Cc1ccc2c(c1)c1ccccc1n2-c1c(-c2cc(-c3ccccc3)nc(-c3ccccc3)c2)c(-c2ccc(C)nc2C)c(-n2c3ccccc3c3cc(C)ccc32)c(-n2c3ccccc3c3cc(C)ccc32)c1-n1c2ccccc2c2cc(C)ccc21. The Balaban J connectivity index is 1.27. The molecule has 88 heavy (non-hydrogen) atoms. The van der Waals surface area contributed by atoms with Gasteiger partial charge in [-0.3, -0.25) is 4.98 Å². The molecule has 6 aromatic heterocycles. The van der Waals surface area contributed by atoms with Crippen LogP contribution in [0.2, 0.25) is 0 Å². The molecule has 0 bridgehead atoms. The molecule has 0 saturated carbocycles. The van der Waals surface area contributed by atoms with Crippen molar-refractivity contribution in [3.8, 4) is 67.5 Å². The summed E-state index contributed by atoms with van der Waals surface area (Å²) < 4.78 is 10.5. The van der Waals surface area contributed by atoms with Crippen LogP contribution < -0.4 is 0 Å². The molecular formula is C82H60N6. The fourth-order valence-corrected chi connectivity index (χ4v) is 14.6. The van der Waals surface area contributed by atoms with Gasteiger partial charge in [-0.2, -0.15) is 0 Å². The molecule has 17 rings (SSSR count). The van der Waals surface area contributed by atoms with Crippen molar-refractivity contribution < 1.29 is 0 Å². The summed E-state index contributed by atoms with van der Waals surface area (Å²) in [6.45, 7) is 13.2. The Morgan fingerprint density at radius 3 is 0.920 bits per heavy atom. The van der Waals surface area contributed by atoms with Crippen molar-refractivity contribution in [2.45, 2.75) is 41.5 Å². The minimum Gasteiger partial charge on any atom is -0.306 e. The Hall–Kier alpha value is -11.1. The molecule has 11 aromatic carbocycles. The average Bonchev–Trinajstić information content (AvgIpc) is 1.42. The first kappa shape index (κ1) is 51.3. The molecule has 0 N–H and O–H groups in total. The van der Waals surface area contributed by atoms with E-state index in [1.54, 1.807) is 0 Å². The number of nitrogens with zero attached hydrogens (tertiary/aromatic N) is 6. The number of rotatable bonds is 8. The van der Waals surface area contributed by atoms with Crippen LogP contribution in [0, 0.1) is 41.5 Å².